The third-order valence-corrected chi connectivity index (χ3v) is 5.56. The first kappa shape index (κ1) is 21.7. The number of sulfone groups is 1. The zero-order chi connectivity index (χ0) is 18.9. The van der Waals surface area contributed by atoms with Crippen LogP contribution in [0, 0.1) is 5.82 Å². The predicted octanol–water partition coefficient (Wildman–Crippen LogP) is 2.59. The van der Waals surface area contributed by atoms with Crippen molar-refractivity contribution < 1.29 is 17.5 Å². The van der Waals surface area contributed by atoms with E-state index in [0.29, 0.717) is 0 Å². The normalized spacial score (nSPS) is 15.2. The van der Waals surface area contributed by atoms with Crippen molar-refractivity contribution in [2.24, 2.45) is 0 Å². The van der Waals surface area contributed by atoms with Crippen molar-refractivity contribution in [2.75, 3.05) is 19.3 Å². The van der Waals surface area contributed by atoms with Crippen LogP contribution in [0.5, 0.6) is 5.75 Å². The van der Waals surface area contributed by atoms with Crippen LogP contribution >= 0.6 is 24.0 Å². The number of ether oxygens (including phenoxy) is 1. The molecule has 0 unspecified atom stereocenters. The first-order chi connectivity index (χ1) is 12.3. The van der Waals surface area contributed by atoms with Gasteiger partial charge in [0.25, 0.3) is 5.56 Å². The first-order valence-electron chi connectivity index (χ1n) is 8.05. The number of aromatic nitrogens is 1. The highest BCUT2D eigenvalue weighted by Crippen LogP contribution is 2.26. The Morgan fingerprint density at radius 3 is 2.52 bits per heavy atom. The number of nitrogens with one attached hydrogen (secondary N) is 1. The lowest BCUT2D eigenvalue weighted by Gasteiger charge is -2.24. The summed E-state index contributed by atoms with van der Waals surface area (Å²) in [5, 5.41) is 3.44. The minimum Gasteiger partial charge on any atom is -0.489 e. The fourth-order valence-corrected chi connectivity index (χ4v) is 3.74. The number of halogens is 3. The van der Waals surface area contributed by atoms with Gasteiger partial charge in [-0.3, -0.25) is 9.36 Å². The quantitative estimate of drug-likeness (QED) is 0.796. The van der Waals surface area contributed by atoms with E-state index in [1.807, 2.05) is 0 Å². The molecule has 1 fully saturated rings. The van der Waals surface area contributed by atoms with E-state index in [1.54, 1.807) is 0 Å². The molecule has 6 nitrogen and oxygen atoms in total. The predicted molar refractivity (Wildman–Crippen MR) is 104 cm³/mol. The molecule has 0 amide bonds. The third kappa shape index (κ3) is 5.01. The van der Waals surface area contributed by atoms with Gasteiger partial charge < -0.3 is 10.1 Å². The maximum absolute atomic E-state index is 14.1. The standard InChI is InChI=1S/C17H18ClFN2O4S.ClH/c1-26(23,24)16-3-2-11(8-14(16)19)21-10-13(18)15(9-17(21)22)25-12-4-6-20-7-5-12;/h2-3,8-10,12,20H,4-7H2,1H3;1H. The second-order valence-electron chi connectivity index (χ2n) is 6.15. The van der Waals surface area contributed by atoms with Gasteiger partial charge in [-0.2, -0.15) is 0 Å². The van der Waals surface area contributed by atoms with Gasteiger partial charge in [0, 0.05) is 18.5 Å². The van der Waals surface area contributed by atoms with Crippen LogP contribution in [0.1, 0.15) is 12.8 Å². The summed E-state index contributed by atoms with van der Waals surface area (Å²) in [7, 11) is -3.69. The number of rotatable bonds is 4. The maximum Gasteiger partial charge on any atom is 0.258 e. The molecule has 0 radical (unpaired) electrons. The van der Waals surface area contributed by atoms with Crippen LogP contribution in [0.4, 0.5) is 4.39 Å². The molecule has 1 aliphatic heterocycles. The van der Waals surface area contributed by atoms with E-state index in [9.17, 15) is 17.6 Å². The van der Waals surface area contributed by atoms with Gasteiger partial charge in [-0.25, -0.2) is 12.8 Å². The van der Waals surface area contributed by atoms with Crippen molar-refractivity contribution in [2.45, 2.75) is 23.8 Å². The van der Waals surface area contributed by atoms with Crippen LogP contribution in [0.15, 0.2) is 40.2 Å². The van der Waals surface area contributed by atoms with Crippen molar-refractivity contribution in [3.05, 3.63) is 51.7 Å². The fraction of sp³-hybridized carbons (Fsp3) is 0.353. The Labute approximate surface area is 167 Å². The van der Waals surface area contributed by atoms with Crippen LogP contribution in [-0.2, 0) is 9.84 Å². The number of nitrogens with zero attached hydrogens (tertiary/aromatic N) is 1. The highest BCUT2D eigenvalue weighted by Gasteiger charge is 2.18. The van der Waals surface area contributed by atoms with E-state index in [-0.39, 0.29) is 35.0 Å². The Morgan fingerprint density at radius 1 is 1.26 bits per heavy atom. The van der Waals surface area contributed by atoms with Crippen LogP contribution in [0.2, 0.25) is 5.02 Å². The Bertz CT molecular complexity index is 989. The average molecular weight is 437 g/mol. The minimum atomic E-state index is -3.69. The minimum absolute atomic E-state index is 0. The number of hydrogen-bond acceptors (Lipinski definition) is 5. The molecule has 3 rings (SSSR count). The zero-order valence-corrected chi connectivity index (χ0v) is 16.8. The summed E-state index contributed by atoms with van der Waals surface area (Å²) in [4.78, 5) is 12.0. The number of pyridine rings is 1. The Kier molecular flexibility index (Phi) is 6.91. The molecule has 0 aliphatic carbocycles. The fourth-order valence-electron chi connectivity index (χ4n) is 2.82. The molecule has 1 aromatic heterocycles. The topological polar surface area (TPSA) is 77.4 Å². The molecule has 148 valence electrons. The lowest BCUT2D eigenvalue weighted by Crippen LogP contribution is -2.34. The summed E-state index contributed by atoms with van der Waals surface area (Å²) >= 11 is 6.22. The molecule has 0 bridgehead atoms. The molecule has 2 aromatic rings. The average Bonchev–Trinajstić information content (AvgIpc) is 2.57. The summed E-state index contributed by atoms with van der Waals surface area (Å²) in [6.45, 7) is 1.68. The maximum atomic E-state index is 14.1. The number of hydrogen-bond donors (Lipinski definition) is 1. The second-order valence-corrected chi connectivity index (χ2v) is 8.54. The van der Waals surface area contributed by atoms with E-state index >= 15 is 0 Å². The third-order valence-electron chi connectivity index (χ3n) is 4.14. The van der Waals surface area contributed by atoms with Crippen molar-refractivity contribution in [1.82, 2.24) is 9.88 Å². The molecule has 2 heterocycles. The van der Waals surface area contributed by atoms with Crippen molar-refractivity contribution >= 4 is 33.8 Å². The zero-order valence-electron chi connectivity index (χ0n) is 14.4. The molecule has 0 atom stereocenters. The van der Waals surface area contributed by atoms with Gasteiger partial charge >= 0.3 is 0 Å². The monoisotopic (exact) mass is 436 g/mol. The summed E-state index contributed by atoms with van der Waals surface area (Å²) in [6, 6.07) is 4.72. The van der Waals surface area contributed by atoms with Gasteiger partial charge in [0.05, 0.1) is 10.7 Å². The Morgan fingerprint density at radius 2 is 1.93 bits per heavy atom. The van der Waals surface area contributed by atoms with E-state index in [1.165, 1.54) is 18.3 Å². The largest absolute Gasteiger partial charge is 0.489 e. The first-order valence-corrected chi connectivity index (χ1v) is 10.3. The Hall–Kier alpha value is -1.61. The number of piperidine rings is 1. The van der Waals surface area contributed by atoms with Gasteiger partial charge in [-0.15, -0.1) is 12.4 Å². The van der Waals surface area contributed by atoms with Gasteiger partial charge in [0.2, 0.25) is 0 Å². The van der Waals surface area contributed by atoms with Crippen molar-refractivity contribution in [3.63, 3.8) is 0 Å². The highest BCUT2D eigenvalue weighted by molar-refractivity contribution is 7.90. The summed E-state index contributed by atoms with van der Waals surface area (Å²) in [5.41, 5.74) is -0.278. The molecule has 1 N–H and O–H groups in total. The molecule has 27 heavy (non-hydrogen) atoms. The van der Waals surface area contributed by atoms with Crippen molar-refractivity contribution in [3.8, 4) is 11.4 Å². The van der Waals surface area contributed by atoms with Crippen LogP contribution in [-0.4, -0.2) is 38.4 Å². The van der Waals surface area contributed by atoms with Gasteiger partial charge in [0.1, 0.15) is 22.6 Å². The van der Waals surface area contributed by atoms with Crippen LogP contribution < -0.4 is 15.6 Å². The van der Waals surface area contributed by atoms with E-state index in [2.05, 4.69) is 5.32 Å². The second kappa shape index (κ2) is 8.60. The van der Waals surface area contributed by atoms with Gasteiger partial charge in [0.15, 0.2) is 9.84 Å². The summed E-state index contributed by atoms with van der Waals surface area (Å²) in [5.74, 6) is -0.643. The lowest BCUT2D eigenvalue weighted by atomic mass is 10.1. The summed E-state index contributed by atoms with van der Waals surface area (Å²) < 4.78 is 44.1. The van der Waals surface area contributed by atoms with E-state index < -0.39 is 26.1 Å². The molecular formula is C17H19Cl2FN2O4S. The Balaban J connectivity index is 0.00000261. The van der Waals surface area contributed by atoms with E-state index in [4.69, 9.17) is 16.3 Å². The number of benzene rings is 1. The van der Waals surface area contributed by atoms with Gasteiger partial charge in [-0.1, -0.05) is 11.6 Å². The molecule has 0 saturated carbocycles. The molecule has 1 saturated heterocycles. The van der Waals surface area contributed by atoms with Crippen LogP contribution in [0.25, 0.3) is 5.69 Å². The molecule has 0 spiro atoms. The summed E-state index contributed by atoms with van der Waals surface area (Å²) in [6.07, 6.45) is 3.88. The SMILES string of the molecule is CS(=O)(=O)c1ccc(-n2cc(Cl)c(OC3CCNCC3)cc2=O)cc1F.Cl. The highest BCUT2D eigenvalue weighted by atomic mass is 35.5. The molecule has 10 heteroatoms. The smallest absolute Gasteiger partial charge is 0.258 e. The van der Waals surface area contributed by atoms with Crippen molar-refractivity contribution in [1.29, 1.82) is 0 Å². The van der Waals surface area contributed by atoms with Crippen LogP contribution in [0.3, 0.4) is 0 Å². The molecule has 1 aromatic carbocycles. The molecule has 1 aliphatic rings. The van der Waals surface area contributed by atoms with Gasteiger partial charge in [-0.05, 0) is 44.1 Å². The lowest BCUT2D eigenvalue weighted by molar-refractivity contribution is 0.162. The van der Waals surface area contributed by atoms with E-state index in [0.717, 1.165) is 48.9 Å². The molecular weight excluding hydrogens is 418 g/mol.